The fourth-order valence-electron chi connectivity index (χ4n) is 3.59. The first-order chi connectivity index (χ1) is 15.2. The Morgan fingerprint density at radius 2 is 2.00 bits per heavy atom. The van der Waals surface area contributed by atoms with E-state index in [1.807, 2.05) is 13.0 Å². The van der Waals surface area contributed by atoms with Crippen LogP contribution in [0, 0.1) is 0 Å². The molecule has 5 rings (SSSR count). The number of pyridine rings is 1. The highest BCUT2D eigenvalue weighted by molar-refractivity contribution is 6.29. The zero-order valence-electron chi connectivity index (χ0n) is 17.6. The maximum Gasteiger partial charge on any atom is 0.289 e. The van der Waals surface area contributed by atoms with Crippen molar-refractivity contribution in [3.8, 4) is 11.8 Å². The van der Waals surface area contributed by atoms with Crippen LogP contribution in [-0.2, 0) is 5.60 Å². The van der Waals surface area contributed by atoms with Gasteiger partial charge in [0.1, 0.15) is 16.3 Å². The van der Waals surface area contributed by atoms with Gasteiger partial charge in [0.2, 0.25) is 17.5 Å². The smallest absolute Gasteiger partial charge is 0.289 e. The van der Waals surface area contributed by atoms with Gasteiger partial charge in [0.15, 0.2) is 5.82 Å². The van der Waals surface area contributed by atoms with Gasteiger partial charge in [-0.15, -0.1) is 0 Å². The van der Waals surface area contributed by atoms with E-state index >= 15 is 0 Å². The summed E-state index contributed by atoms with van der Waals surface area (Å²) in [6, 6.07) is 8.54. The molecule has 0 aliphatic carbocycles. The van der Waals surface area contributed by atoms with Gasteiger partial charge in [-0.3, -0.25) is 4.79 Å². The molecule has 9 nitrogen and oxygen atoms in total. The minimum absolute atomic E-state index is 0.0262. The number of amides is 1. The molecular formula is C22H20ClN5O4. The normalized spacial score (nSPS) is 16.4. The number of carbonyl (C=O) groups is 1. The SMILES string of the molecule is C[C@@H]1CNc2c(oc3ccc4nc(Oc5cc(Cl)nc(C(C)(C)O)n5)ccc4c23)C(=O)N1. The highest BCUT2D eigenvalue weighted by Gasteiger charge is 2.27. The number of fused-ring (bicyclic) bond motifs is 5. The van der Waals surface area contributed by atoms with Crippen molar-refractivity contribution in [3.63, 3.8) is 0 Å². The van der Waals surface area contributed by atoms with Crippen molar-refractivity contribution in [1.29, 1.82) is 0 Å². The van der Waals surface area contributed by atoms with Crippen LogP contribution in [0.1, 0.15) is 37.2 Å². The number of nitrogens with one attached hydrogen (secondary N) is 2. The van der Waals surface area contributed by atoms with Gasteiger partial charge >= 0.3 is 0 Å². The number of anilines is 1. The molecule has 1 atom stereocenters. The van der Waals surface area contributed by atoms with Crippen LogP contribution in [0.3, 0.4) is 0 Å². The maximum absolute atomic E-state index is 12.5. The number of furan rings is 1. The van der Waals surface area contributed by atoms with E-state index in [4.69, 9.17) is 20.8 Å². The van der Waals surface area contributed by atoms with E-state index in [0.29, 0.717) is 29.2 Å². The Labute approximate surface area is 187 Å². The van der Waals surface area contributed by atoms with Gasteiger partial charge in [-0.2, -0.15) is 4.98 Å². The molecule has 0 unspecified atom stereocenters. The molecule has 0 bridgehead atoms. The average molecular weight is 454 g/mol. The molecule has 0 radical (unpaired) electrons. The van der Waals surface area contributed by atoms with Crippen LogP contribution in [0.25, 0.3) is 21.9 Å². The monoisotopic (exact) mass is 453 g/mol. The van der Waals surface area contributed by atoms with Gasteiger partial charge in [0, 0.05) is 30.1 Å². The predicted octanol–water partition coefficient (Wildman–Crippen LogP) is 3.99. The van der Waals surface area contributed by atoms with Crippen molar-refractivity contribution in [2.45, 2.75) is 32.4 Å². The van der Waals surface area contributed by atoms with Crippen LogP contribution in [0.4, 0.5) is 5.69 Å². The van der Waals surface area contributed by atoms with Crippen molar-refractivity contribution in [2.24, 2.45) is 0 Å². The third-order valence-electron chi connectivity index (χ3n) is 5.09. The topological polar surface area (TPSA) is 122 Å². The molecule has 3 aromatic heterocycles. The lowest BCUT2D eigenvalue weighted by Crippen LogP contribution is -2.34. The summed E-state index contributed by atoms with van der Waals surface area (Å²) in [5.74, 6) is 0.605. The number of hydrogen-bond acceptors (Lipinski definition) is 8. The summed E-state index contributed by atoms with van der Waals surface area (Å²) in [6.45, 7) is 5.62. The molecule has 1 amide bonds. The molecule has 3 N–H and O–H groups in total. The quantitative estimate of drug-likeness (QED) is 0.398. The van der Waals surface area contributed by atoms with Gasteiger partial charge in [0.05, 0.1) is 16.6 Å². The summed E-state index contributed by atoms with van der Waals surface area (Å²) in [5, 5.41) is 18.1. The van der Waals surface area contributed by atoms with E-state index in [-0.39, 0.29) is 34.6 Å². The standard InChI is InChI=1S/C22H20ClN5O4/c1-10-9-24-18-17-11-4-7-15(32-16-8-14(23)27-21(28-16)22(2,3)30)26-12(11)5-6-13(17)31-19(18)20(29)25-10/h4-8,10,24,30H,9H2,1-3H3,(H,25,29)/t10-/m1/s1. The lowest BCUT2D eigenvalue weighted by atomic mass is 10.1. The van der Waals surface area contributed by atoms with E-state index in [9.17, 15) is 9.90 Å². The fraction of sp³-hybridized carbons (Fsp3) is 0.273. The lowest BCUT2D eigenvalue weighted by molar-refractivity contribution is 0.0680. The number of ether oxygens (including phenoxy) is 1. The van der Waals surface area contributed by atoms with Crippen molar-refractivity contribution in [1.82, 2.24) is 20.3 Å². The highest BCUT2D eigenvalue weighted by atomic mass is 35.5. The Morgan fingerprint density at radius 3 is 2.78 bits per heavy atom. The second kappa shape index (κ2) is 7.32. The number of aromatic nitrogens is 3. The number of nitrogens with zero attached hydrogens (tertiary/aromatic N) is 3. The number of benzene rings is 1. The molecular weight excluding hydrogens is 434 g/mol. The molecule has 4 aromatic rings. The Kier molecular flexibility index (Phi) is 4.68. The number of aliphatic hydroxyl groups is 1. The van der Waals surface area contributed by atoms with E-state index in [1.54, 1.807) is 32.0 Å². The van der Waals surface area contributed by atoms with Crippen molar-refractivity contribution < 1.29 is 19.1 Å². The third-order valence-corrected chi connectivity index (χ3v) is 5.29. The fourth-order valence-corrected chi connectivity index (χ4v) is 3.77. The first-order valence-electron chi connectivity index (χ1n) is 10.1. The Hall–Kier alpha value is -3.43. The van der Waals surface area contributed by atoms with Gasteiger partial charge < -0.3 is 24.9 Å². The number of carbonyl (C=O) groups excluding carboxylic acids is 1. The first kappa shape index (κ1) is 20.5. The average Bonchev–Trinajstić information content (AvgIpc) is 3.03. The Bertz CT molecular complexity index is 1380. The molecule has 1 aliphatic rings. The zero-order valence-corrected chi connectivity index (χ0v) is 18.3. The van der Waals surface area contributed by atoms with Crippen molar-refractivity contribution >= 4 is 45.1 Å². The van der Waals surface area contributed by atoms with Gasteiger partial charge in [-0.1, -0.05) is 11.6 Å². The summed E-state index contributed by atoms with van der Waals surface area (Å²) >= 11 is 6.06. The van der Waals surface area contributed by atoms with E-state index < -0.39 is 5.60 Å². The maximum atomic E-state index is 12.5. The van der Waals surface area contributed by atoms with E-state index in [1.165, 1.54) is 6.07 Å². The molecule has 0 saturated heterocycles. The second-order valence-electron chi connectivity index (χ2n) is 8.23. The van der Waals surface area contributed by atoms with Crippen LogP contribution >= 0.6 is 11.6 Å². The van der Waals surface area contributed by atoms with Crippen LogP contribution in [0.5, 0.6) is 11.8 Å². The molecule has 0 saturated carbocycles. The number of halogens is 1. The summed E-state index contributed by atoms with van der Waals surface area (Å²) in [6.07, 6.45) is 0. The third kappa shape index (κ3) is 3.59. The van der Waals surface area contributed by atoms with Crippen molar-refractivity contribution in [3.05, 3.63) is 47.1 Å². The molecule has 0 fully saturated rings. The predicted molar refractivity (Wildman–Crippen MR) is 119 cm³/mol. The van der Waals surface area contributed by atoms with Gasteiger partial charge in [-0.25, -0.2) is 9.97 Å². The number of rotatable bonds is 3. The number of hydrogen-bond donors (Lipinski definition) is 3. The molecule has 0 spiro atoms. The van der Waals surface area contributed by atoms with Gasteiger partial charge in [0.25, 0.3) is 5.91 Å². The van der Waals surface area contributed by atoms with Crippen LogP contribution in [-0.4, -0.2) is 38.6 Å². The van der Waals surface area contributed by atoms with Crippen molar-refractivity contribution in [2.75, 3.05) is 11.9 Å². The zero-order chi connectivity index (χ0) is 22.6. The molecule has 164 valence electrons. The first-order valence-corrected chi connectivity index (χ1v) is 10.4. The molecule has 1 aromatic carbocycles. The second-order valence-corrected chi connectivity index (χ2v) is 8.62. The highest BCUT2D eigenvalue weighted by Crippen LogP contribution is 2.38. The largest absolute Gasteiger partial charge is 0.449 e. The van der Waals surface area contributed by atoms with Crippen LogP contribution < -0.4 is 15.4 Å². The molecule has 4 heterocycles. The van der Waals surface area contributed by atoms with Gasteiger partial charge in [-0.05, 0) is 39.0 Å². The minimum atomic E-state index is -1.28. The summed E-state index contributed by atoms with van der Waals surface area (Å²) in [7, 11) is 0. The molecule has 32 heavy (non-hydrogen) atoms. The summed E-state index contributed by atoms with van der Waals surface area (Å²) in [4.78, 5) is 25.3. The van der Waals surface area contributed by atoms with Crippen LogP contribution in [0.15, 0.2) is 34.7 Å². The molecule has 10 heteroatoms. The lowest BCUT2D eigenvalue weighted by Gasteiger charge is -2.16. The van der Waals surface area contributed by atoms with Crippen LogP contribution in [0.2, 0.25) is 5.15 Å². The van der Waals surface area contributed by atoms with E-state index in [2.05, 4.69) is 25.6 Å². The van der Waals surface area contributed by atoms with E-state index in [0.717, 1.165) is 10.8 Å². The summed E-state index contributed by atoms with van der Waals surface area (Å²) < 4.78 is 11.6. The molecule has 1 aliphatic heterocycles. The minimum Gasteiger partial charge on any atom is -0.449 e. The summed E-state index contributed by atoms with van der Waals surface area (Å²) in [5.41, 5.74) is 0.621. The Balaban J connectivity index is 1.57. The Morgan fingerprint density at radius 1 is 1.19 bits per heavy atom.